The van der Waals surface area contributed by atoms with Gasteiger partial charge in [0, 0.05) is 13.7 Å². The zero-order valence-corrected chi connectivity index (χ0v) is 9.51. The fraction of sp³-hybridized carbons (Fsp3) is 0.778. The normalized spacial score (nSPS) is 13.0. The van der Waals surface area contributed by atoms with Crippen molar-refractivity contribution in [2.75, 3.05) is 20.3 Å². The molecule has 1 N–H and O–H groups in total. The molecule has 5 heteroatoms. The molecule has 1 aromatic heterocycles. The lowest BCUT2D eigenvalue weighted by Crippen LogP contribution is -2.21. The Morgan fingerprint density at radius 3 is 3.07 bits per heavy atom. The van der Waals surface area contributed by atoms with Crippen molar-refractivity contribution in [2.24, 2.45) is 0 Å². The van der Waals surface area contributed by atoms with Gasteiger partial charge in [-0.25, -0.2) is 0 Å². The van der Waals surface area contributed by atoms with E-state index in [-0.39, 0.29) is 0 Å². The third-order valence-electron chi connectivity index (χ3n) is 2.03. The Bertz CT molecular complexity index is 228. The molecule has 0 spiro atoms. The van der Waals surface area contributed by atoms with Crippen LogP contribution in [0.1, 0.15) is 31.5 Å². The predicted molar refractivity (Wildman–Crippen MR) is 57.4 cm³/mol. The highest BCUT2D eigenvalue weighted by Gasteiger charge is 2.11. The number of hydrogen-bond acceptors (Lipinski definition) is 5. The summed E-state index contributed by atoms with van der Waals surface area (Å²) in [7, 11) is 1.73. The molecule has 0 aliphatic heterocycles. The van der Waals surface area contributed by atoms with E-state index in [9.17, 15) is 0 Å². The van der Waals surface area contributed by atoms with Crippen LogP contribution in [0.15, 0.2) is 6.20 Å². The SMILES string of the molecule is CCNC(CCCOC)c1cnsn1. The van der Waals surface area contributed by atoms with Gasteiger partial charge in [0.15, 0.2) is 0 Å². The monoisotopic (exact) mass is 215 g/mol. The molecule has 0 aliphatic carbocycles. The van der Waals surface area contributed by atoms with Crippen LogP contribution in [-0.4, -0.2) is 29.0 Å². The van der Waals surface area contributed by atoms with Crippen LogP contribution in [0.5, 0.6) is 0 Å². The fourth-order valence-corrected chi connectivity index (χ4v) is 1.83. The zero-order chi connectivity index (χ0) is 10.2. The third-order valence-corrected chi connectivity index (χ3v) is 2.52. The molecular formula is C9H17N3OS. The van der Waals surface area contributed by atoms with Crippen molar-refractivity contribution in [2.45, 2.75) is 25.8 Å². The molecule has 14 heavy (non-hydrogen) atoms. The van der Waals surface area contributed by atoms with Gasteiger partial charge >= 0.3 is 0 Å². The Morgan fingerprint density at radius 2 is 2.50 bits per heavy atom. The molecule has 1 aromatic rings. The van der Waals surface area contributed by atoms with E-state index < -0.39 is 0 Å². The second kappa shape index (κ2) is 6.86. The predicted octanol–water partition coefficient (Wildman–Crippen LogP) is 1.62. The van der Waals surface area contributed by atoms with Gasteiger partial charge in [-0.3, -0.25) is 0 Å². The van der Waals surface area contributed by atoms with Crippen LogP contribution in [-0.2, 0) is 4.74 Å². The first-order chi connectivity index (χ1) is 6.88. The lowest BCUT2D eigenvalue weighted by molar-refractivity contribution is 0.188. The van der Waals surface area contributed by atoms with E-state index in [0.29, 0.717) is 6.04 Å². The number of methoxy groups -OCH3 is 1. The summed E-state index contributed by atoms with van der Waals surface area (Å²) in [5, 5.41) is 3.39. The third kappa shape index (κ3) is 3.69. The number of nitrogens with zero attached hydrogens (tertiary/aromatic N) is 2. The maximum atomic E-state index is 5.03. The summed E-state index contributed by atoms with van der Waals surface area (Å²) < 4.78 is 13.3. The second-order valence-electron chi connectivity index (χ2n) is 3.08. The molecule has 1 atom stereocenters. The summed E-state index contributed by atoms with van der Waals surface area (Å²) >= 11 is 1.26. The second-order valence-corrected chi connectivity index (χ2v) is 3.63. The minimum atomic E-state index is 0.328. The molecule has 80 valence electrons. The molecule has 0 saturated heterocycles. The molecule has 0 saturated carbocycles. The minimum absolute atomic E-state index is 0.328. The number of ether oxygens (including phenoxy) is 1. The summed E-state index contributed by atoms with van der Waals surface area (Å²) in [6.45, 7) is 3.86. The molecular weight excluding hydrogens is 198 g/mol. The number of nitrogens with one attached hydrogen (secondary N) is 1. The van der Waals surface area contributed by atoms with Crippen molar-refractivity contribution in [3.8, 4) is 0 Å². The van der Waals surface area contributed by atoms with Crippen LogP contribution in [0.2, 0.25) is 0 Å². The van der Waals surface area contributed by atoms with Gasteiger partial charge in [0.25, 0.3) is 0 Å². The van der Waals surface area contributed by atoms with Crippen molar-refractivity contribution in [1.29, 1.82) is 0 Å². The molecule has 1 heterocycles. The number of rotatable bonds is 7. The molecule has 1 unspecified atom stereocenters. The van der Waals surface area contributed by atoms with E-state index in [1.54, 1.807) is 7.11 Å². The fourth-order valence-electron chi connectivity index (χ4n) is 1.36. The number of aromatic nitrogens is 2. The van der Waals surface area contributed by atoms with Crippen LogP contribution in [0.25, 0.3) is 0 Å². The zero-order valence-electron chi connectivity index (χ0n) is 8.69. The maximum Gasteiger partial charge on any atom is 0.0912 e. The average molecular weight is 215 g/mol. The number of hydrogen-bond donors (Lipinski definition) is 1. The van der Waals surface area contributed by atoms with Crippen molar-refractivity contribution in [1.82, 2.24) is 14.1 Å². The van der Waals surface area contributed by atoms with E-state index >= 15 is 0 Å². The first-order valence-corrected chi connectivity index (χ1v) is 5.61. The van der Waals surface area contributed by atoms with Crippen LogP contribution >= 0.6 is 11.7 Å². The van der Waals surface area contributed by atoms with Gasteiger partial charge in [0.1, 0.15) is 0 Å². The largest absolute Gasteiger partial charge is 0.385 e. The summed E-state index contributed by atoms with van der Waals surface area (Å²) in [5.74, 6) is 0. The highest BCUT2D eigenvalue weighted by Crippen LogP contribution is 2.16. The van der Waals surface area contributed by atoms with Gasteiger partial charge in [0.05, 0.1) is 29.7 Å². The van der Waals surface area contributed by atoms with Crippen molar-refractivity contribution >= 4 is 11.7 Å². The van der Waals surface area contributed by atoms with Gasteiger partial charge in [-0.2, -0.15) is 8.75 Å². The molecule has 0 aliphatic rings. The van der Waals surface area contributed by atoms with E-state index in [0.717, 1.165) is 31.7 Å². The van der Waals surface area contributed by atoms with Crippen molar-refractivity contribution < 1.29 is 4.74 Å². The minimum Gasteiger partial charge on any atom is -0.385 e. The van der Waals surface area contributed by atoms with Crippen molar-refractivity contribution in [3.63, 3.8) is 0 Å². The Balaban J connectivity index is 2.39. The van der Waals surface area contributed by atoms with Crippen LogP contribution in [0.4, 0.5) is 0 Å². The van der Waals surface area contributed by atoms with E-state index in [1.165, 1.54) is 11.7 Å². The Hall–Kier alpha value is -0.520. The van der Waals surface area contributed by atoms with Crippen molar-refractivity contribution in [3.05, 3.63) is 11.9 Å². The molecule has 0 bridgehead atoms. The smallest absolute Gasteiger partial charge is 0.0912 e. The molecule has 4 nitrogen and oxygen atoms in total. The lowest BCUT2D eigenvalue weighted by Gasteiger charge is -2.14. The van der Waals surface area contributed by atoms with E-state index in [1.807, 2.05) is 6.20 Å². The van der Waals surface area contributed by atoms with Gasteiger partial charge in [0.2, 0.25) is 0 Å². The Labute approximate surface area is 89.0 Å². The lowest BCUT2D eigenvalue weighted by atomic mass is 10.1. The summed E-state index contributed by atoms with van der Waals surface area (Å²) in [6.07, 6.45) is 3.93. The van der Waals surface area contributed by atoms with E-state index in [4.69, 9.17) is 4.74 Å². The molecule has 0 radical (unpaired) electrons. The Kier molecular flexibility index (Phi) is 5.66. The van der Waals surface area contributed by atoms with Crippen LogP contribution in [0.3, 0.4) is 0 Å². The van der Waals surface area contributed by atoms with Gasteiger partial charge < -0.3 is 10.1 Å². The highest BCUT2D eigenvalue weighted by molar-refractivity contribution is 6.99. The maximum absolute atomic E-state index is 5.03. The Morgan fingerprint density at radius 1 is 1.64 bits per heavy atom. The first kappa shape index (κ1) is 11.6. The standard InChI is InChI=1S/C9H17N3OS/c1-3-10-8(5-4-6-13-2)9-7-11-14-12-9/h7-8,10H,3-6H2,1-2H3. The van der Waals surface area contributed by atoms with Crippen LogP contribution in [0, 0.1) is 0 Å². The molecule has 0 fully saturated rings. The highest BCUT2D eigenvalue weighted by atomic mass is 32.1. The van der Waals surface area contributed by atoms with Gasteiger partial charge in [-0.05, 0) is 19.4 Å². The summed E-state index contributed by atoms with van der Waals surface area (Å²) in [5.41, 5.74) is 1.05. The van der Waals surface area contributed by atoms with Crippen LogP contribution < -0.4 is 5.32 Å². The first-order valence-electron chi connectivity index (χ1n) is 4.88. The average Bonchev–Trinajstić information content (AvgIpc) is 2.70. The molecule has 1 rings (SSSR count). The van der Waals surface area contributed by atoms with Gasteiger partial charge in [-0.15, -0.1) is 0 Å². The topological polar surface area (TPSA) is 47.0 Å². The van der Waals surface area contributed by atoms with E-state index in [2.05, 4.69) is 21.0 Å². The molecule has 0 amide bonds. The van der Waals surface area contributed by atoms with Gasteiger partial charge in [-0.1, -0.05) is 6.92 Å². The molecule has 0 aromatic carbocycles. The quantitative estimate of drug-likeness (QED) is 0.702. The summed E-state index contributed by atoms with van der Waals surface area (Å²) in [6, 6.07) is 0.328. The summed E-state index contributed by atoms with van der Waals surface area (Å²) in [4.78, 5) is 0.